The SMILES string of the molecule is CC(C)c1cc(Oc2c(Cl)cc(NCC3=NOC(=O)C3)cc2Cl)n[nH]c1=O. The van der Waals surface area contributed by atoms with Gasteiger partial charge >= 0.3 is 5.97 Å². The van der Waals surface area contributed by atoms with E-state index in [2.05, 4.69) is 25.5 Å². The zero-order valence-corrected chi connectivity index (χ0v) is 16.0. The van der Waals surface area contributed by atoms with Crippen LogP contribution in [0.5, 0.6) is 11.6 Å². The Morgan fingerprint density at radius 3 is 2.56 bits per heavy atom. The zero-order chi connectivity index (χ0) is 19.6. The Bertz CT molecular complexity index is 949. The van der Waals surface area contributed by atoms with Gasteiger partial charge in [-0.05, 0) is 18.1 Å². The Hall–Kier alpha value is -2.58. The standard InChI is InChI=1S/C17H16Cl2N4O4/c1-8(2)11-6-14(21-22-17(11)25)26-16-12(18)3-9(4-13(16)19)20-7-10-5-15(24)27-23-10/h3-4,6,8,20H,5,7H2,1-2H3,(H,22,25). The maximum Gasteiger partial charge on any atom is 0.340 e. The Labute approximate surface area is 164 Å². The normalized spacial score (nSPS) is 13.5. The lowest BCUT2D eigenvalue weighted by atomic mass is 10.1. The summed E-state index contributed by atoms with van der Waals surface area (Å²) < 4.78 is 5.67. The summed E-state index contributed by atoms with van der Waals surface area (Å²) in [6, 6.07) is 4.80. The van der Waals surface area contributed by atoms with E-state index in [-0.39, 0.29) is 45.5 Å². The molecule has 142 valence electrons. The number of halogens is 2. The van der Waals surface area contributed by atoms with Gasteiger partial charge in [0.05, 0.1) is 28.7 Å². The highest BCUT2D eigenvalue weighted by atomic mass is 35.5. The van der Waals surface area contributed by atoms with Crippen LogP contribution >= 0.6 is 23.2 Å². The largest absolute Gasteiger partial charge is 0.434 e. The van der Waals surface area contributed by atoms with Gasteiger partial charge in [0.2, 0.25) is 5.88 Å². The van der Waals surface area contributed by atoms with Crippen molar-refractivity contribution in [3.8, 4) is 11.6 Å². The second kappa shape index (κ2) is 7.98. The van der Waals surface area contributed by atoms with Gasteiger partial charge in [-0.1, -0.05) is 42.2 Å². The van der Waals surface area contributed by atoms with Crippen LogP contribution < -0.4 is 15.6 Å². The Balaban J connectivity index is 1.76. The molecule has 27 heavy (non-hydrogen) atoms. The predicted molar refractivity (Wildman–Crippen MR) is 102 cm³/mol. The van der Waals surface area contributed by atoms with E-state index in [1.165, 1.54) is 0 Å². The molecule has 1 aromatic carbocycles. The third-order valence-corrected chi connectivity index (χ3v) is 4.32. The summed E-state index contributed by atoms with van der Waals surface area (Å²) in [5, 5.41) is 13.5. The molecule has 1 aromatic heterocycles. The number of oxime groups is 1. The molecule has 10 heteroatoms. The van der Waals surface area contributed by atoms with Crippen molar-refractivity contribution in [2.24, 2.45) is 5.16 Å². The fourth-order valence-corrected chi connectivity index (χ4v) is 2.96. The number of hydrogen-bond donors (Lipinski definition) is 2. The van der Waals surface area contributed by atoms with Crippen LogP contribution in [0.25, 0.3) is 0 Å². The Morgan fingerprint density at radius 1 is 1.26 bits per heavy atom. The number of anilines is 1. The number of aromatic amines is 1. The first-order chi connectivity index (χ1) is 12.8. The van der Waals surface area contributed by atoms with E-state index in [9.17, 15) is 9.59 Å². The fraction of sp³-hybridized carbons (Fsp3) is 0.294. The van der Waals surface area contributed by atoms with E-state index in [0.717, 1.165) is 0 Å². The summed E-state index contributed by atoms with van der Waals surface area (Å²) in [7, 11) is 0. The molecule has 0 aliphatic carbocycles. The van der Waals surface area contributed by atoms with Crippen LogP contribution in [-0.4, -0.2) is 28.4 Å². The van der Waals surface area contributed by atoms with Gasteiger partial charge < -0.3 is 14.9 Å². The number of hydrogen-bond acceptors (Lipinski definition) is 7. The second-order valence-electron chi connectivity index (χ2n) is 6.17. The number of benzene rings is 1. The summed E-state index contributed by atoms with van der Waals surface area (Å²) in [5.74, 6) is 0.0143. The van der Waals surface area contributed by atoms with Crippen molar-refractivity contribution >= 4 is 40.6 Å². The lowest BCUT2D eigenvalue weighted by Crippen LogP contribution is -2.15. The highest BCUT2D eigenvalue weighted by molar-refractivity contribution is 6.37. The number of H-pyrrole nitrogens is 1. The summed E-state index contributed by atoms with van der Waals surface area (Å²) in [6.45, 7) is 4.10. The van der Waals surface area contributed by atoms with Crippen LogP contribution in [0.15, 0.2) is 28.1 Å². The third kappa shape index (κ3) is 4.58. The average molecular weight is 411 g/mol. The minimum absolute atomic E-state index is 0.00554. The van der Waals surface area contributed by atoms with E-state index in [4.69, 9.17) is 27.9 Å². The molecule has 0 atom stereocenters. The number of carbonyl (C=O) groups excluding carboxylic acids is 1. The van der Waals surface area contributed by atoms with Crippen molar-refractivity contribution in [1.29, 1.82) is 0 Å². The number of aromatic nitrogens is 2. The molecule has 1 aliphatic heterocycles. The smallest absolute Gasteiger partial charge is 0.340 e. The number of carbonyl (C=O) groups is 1. The first kappa shape index (κ1) is 19.2. The molecule has 3 rings (SSSR count). The van der Waals surface area contributed by atoms with Crippen LogP contribution in [0.1, 0.15) is 31.7 Å². The molecule has 0 spiro atoms. The van der Waals surface area contributed by atoms with Crippen LogP contribution in [0.2, 0.25) is 10.0 Å². The van der Waals surface area contributed by atoms with Crippen LogP contribution in [-0.2, 0) is 9.63 Å². The lowest BCUT2D eigenvalue weighted by Gasteiger charge is -2.13. The first-order valence-electron chi connectivity index (χ1n) is 8.09. The van der Waals surface area contributed by atoms with E-state index in [0.29, 0.717) is 23.5 Å². The number of rotatable bonds is 6. The van der Waals surface area contributed by atoms with E-state index >= 15 is 0 Å². The average Bonchev–Trinajstić information content (AvgIpc) is 3.03. The fourth-order valence-electron chi connectivity index (χ4n) is 2.39. The van der Waals surface area contributed by atoms with Gasteiger partial charge in [0.15, 0.2) is 5.75 Å². The maximum atomic E-state index is 11.8. The highest BCUT2D eigenvalue weighted by Gasteiger charge is 2.18. The van der Waals surface area contributed by atoms with Crippen molar-refractivity contribution in [3.05, 3.63) is 44.2 Å². The molecule has 0 amide bonds. The monoisotopic (exact) mass is 410 g/mol. The van der Waals surface area contributed by atoms with Gasteiger partial charge in [-0.3, -0.25) is 4.79 Å². The first-order valence-corrected chi connectivity index (χ1v) is 8.85. The molecule has 2 heterocycles. The molecule has 0 saturated carbocycles. The molecule has 8 nitrogen and oxygen atoms in total. The molecule has 0 unspecified atom stereocenters. The van der Waals surface area contributed by atoms with Crippen molar-refractivity contribution < 1.29 is 14.4 Å². The van der Waals surface area contributed by atoms with Crippen molar-refractivity contribution in [1.82, 2.24) is 10.2 Å². The second-order valence-corrected chi connectivity index (χ2v) is 6.98. The van der Waals surface area contributed by atoms with Crippen LogP contribution in [0, 0.1) is 0 Å². The summed E-state index contributed by atoms with van der Waals surface area (Å²) >= 11 is 12.6. The predicted octanol–water partition coefficient (Wildman–Crippen LogP) is 3.71. The van der Waals surface area contributed by atoms with Gasteiger partial charge in [-0.25, -0.2) is 9.89 Å². The minimum atomic E-state index is -0.388. The van der Waals surface area contributed by atoms with E-state index in [1.54, 1.807) is 18.2 Å². The number of nitrogens with zero attached hydrogens (tertiary/aromatic N) is 2. The molecule has 0 bridgehead atoms. The summed E-state index contributed by atoms with van der Waals surface area (Å²) in [5.41, 5.74) is 1.47. The van der Waals surface area contributed by atoms with E-state index < -0.39 is 0 Å². The molecule has 0 fully saturated rings. The van der Waals surface area contributed by atoms with Gasteiger partial charge in [0, 0.05) is 17.3 Å². The molecule has 2 aromatic rings. The molecule has 0 radical (unpaired) electrons. The third-order valence-electron chi connectivity index (χ3n) is 3.76. The Morgan fingerprint density at radius 2 is 1.96 bits per heavy atom. The van der Waals surface area contributed by atoms with E-state index in [1.807, 2.05) is 13.8 Å². The van der Waals surface area contributed by atoms with Gasteiger partial charge in [-0.2, -0.15) is 0 Å². The molecule has 1 aliphatic rings. The summed E-state index contributed by atoms with van der Waals surface area (Å²) in [6.07, 6.45) is 0.145. The molecular formula is C17H16Cl2N4O4. The van der Waals surface area contributed by atoms with Crippen LogP contribution in [0.3, 0.4) is 0 Å². The zero-order valence-electron chi connectivity index (χ0n) is 14.5. The molecule has 2 N–H and O–H groups in total. The van der Waals surface area contributed by atoms with Gasteiger partial charge in [0.1, 0.15) is 0 Å². The Kier molecular flexibility index (Phi) is 5.67. The van der Waals surface area contributed by atoms with Gasteiger partial charge in [-0.15, -0.1) is 5.10 Å². The van der Waals surface area contributed by atoms with Crippen molar-refractivity contribution in [2.45, 2.75) is 26.2 Å². The minimum Gasteiger partial charge on any atom is -0.434 e. The summed E-state index contributed by atoms with van der Waals surface area (Å²) in [4.78, 5) is 27.3. The maximum absolute atomic E-state index is 11.8. The van der Waals surface area contributed by atoms with Crippen molar-refractivity contribution in [2.75, 3.05) is 11.9 Å². The van der Waals surface area contributed by atoms with Crippen molar-refractivity contribution in [3.63, 3.8) is 0 Å². The number of ether oxygens (including phenoxy) is 1. The topological polar surface area (TPSA) is 106 Å². The quantitative estimate of drug-likeness (QED) is 0.703. The highest BCUT2D eigenvalue weighted by Crippen LogP contribution is 2.38. The van der Waals surface area contributed by atoms with Crippen LogP contribution in [0.4, 0.5) is 5.69 Å². The number of nitrogens with one attached hydrogen (secondary N) is 2. The lowest BCUT2D eigenvalue weighted by molar-refractivity contribution is -0.140. The molecule has 0 saturated heterocycles. The van der Waals surface area contributed by atoms with Gasteiger partial charge in [0.25, 0.3) is 5.56 Å². The molecular weight excluding hydrogens is 395 g/mol.